The molecule has 8 nitrogen and oxygen atoms in total. The Bertz CT molecular complexity index is 1560. The van der Waals surface area contributed by atoms with Gasteiger partial charge in [0.05, 0.1) is 5.92 Å². The fraction of sp³-hybridized carbons (Fsp3) is 0.273. The van der Waals surface area contributed by atoms with E-state index >= 15 is 0 Å². The molecule has 0 aliphatic heterocycles. The van der Waals surface area contributed by atoms with Gasteiger partial charge in [-0.1, -0.05) is 36.4 Å². The van der Waals surface area contributed by atoms with Gasteiger partial charge in [0.2, 0.25) is 5.91 Å². The van der Waals surface area contributed by atoms with Crippen LogP contribution in [0.15, 0.2) is 79.1 Å². The van der Waals surface area contributed by atoms with Crippen LogP contribution in [0.3, 0.4) is 0 Å². The zero-order chi connectivity index (χ0) is 31.6. The number of nitrogens with one attached hydrogen (secondary N) is 2. The summed E-state index contributed by atoms with van der Waals surface area (Å²) in [5, 5.41) is 12.3. The number of amides is 2. The smallest absolute Gasteiger partial charge is 0.326 e. The van der Waals surface area contributed by atoms with Crippen LogP contribution in [-0.2, 0) is 22.6 Å². The van der Waals surface area contributed by atoms with E-state index in [1.54, 1.807) is 53.7 Å². The zero-order valence-corrected chi connectivity index (χ0v) is 25.2. The van der Waals surface area contributed by atoms with Crippen LogP contribution in [0.2, 0.25) is 0 Å². The van der Waals surface area contributed by atoms with Gasteiger partial charge in [-0.15, -0.1) is 0 Å². The Morgan fingerprint density at radius 3 is 2.25 bits per heavy atom. The number of imidazole rings is 1. The van der Waals surface area contributed by atoms with Crippen molar-refractivity contribution in [1.29, 1.82) is 0 Å². The predicted octanol–water partition coefficient (Wildman–Crippen LogP) is 5.40. The molecule has 0 bridgehead atoms. The van der Waals surface area contributed by atoms with E-state index in [1.165, 1.54) is 43.0 Å². The van der Waals surface area contributed by atoms with Crippen molar-refractivity contribution in [2.45, 2.75) is 38.3 Å². The number of nitrogens with zero attached hydrogens (tertiary/aromatic N) is 2. The Labute approximate surface area is 258 Å². The largest absolute Gasteiger partial charge is 0.480 e. The Morgan fingerprint density at radius 1 is 1.00 bits per heavy atom. The van der Waals surface area contributed by atoms with Crippen LogP contribution in [0, 0.1) is 11.6 Å². The van der Waals surface area contributed by atoms with Crippen molar-refractivity contribution >= 4 is 29.5 Å². The molecule has 3 aromatic carbocycles. The molecule has 230 valence electrons. The number of halogens is 2. The molecule has 0 radical (unpaired) electrons. The van der Waals surface area contributed by atoms with Crippen LogP contribution in [0.5, 0.6) is 0 Å². The van der Waals surface area contributed by atoms with Gasteiger partial charge in [0, 0.05) is 38.0 Å². The first-order chi connectivity index (χ1) is 21.1. The molecule has 4 aromatic rings. The van der Waals surface area contributed by atoms with E-state index in [0.717, 1.165) is 11.1 Å². The maximum Gasteiger partial charge on any atom is 0.326 e. The Morgan fingerprint density at radius 2 is 1.66 bits per heavy atom. The molecule has 0 spiro atoms. The molecule has 4 rings (SSSR count). The van der Waals surface area contributed by atoms with Gasteiger partial charge in [-0.3, -0.25) is 9.59 Å². The lowest BCUT2D eigenvalue weighted by Crippen LogP contribution is -2.41. The second-order valence-corrected chi connectivity index (χ2v) is 11.4. The number of rotatable bonds is 14. The molecular weight excluding hydrogens is 586 g/mol. The Hall–Kier alpha value is -4.51. The van der Waals surface area contributed by atoms with E-state index in [2.05, 4.69) is 15.3 Å². The molecule has 0 aliphatic carbocycles. The number of carbonyl (C=O) groups is 3. The molecule has 1 heterocycles. The lowest BCUT2D eigenvalue weighted by Gasteiger charge is -2.27. The summed E-state index contributed by atoms with van der Waals surface area (Å²) in [6, 6.07) is 16.1. The van der Waals surface area contributed by atoms with Gasteiger partial charge in [-0.25, -0.2) is 18.6 Å². The molecule has 0 saturated carbocycles. The molecule has 0 aliphatic rings. The molecular formula is C33H34F2N4O4S. The summed E-state index contributed by atoms with van der Waals surface area (Å²) < 4.78 is 27.2. The van der Waals surface area contributed by atoms with Crippen molar-refractivity contribution in [2.75, 3.05) is 18.6 Å². The summed E-state index contributed by atoms with van der Waals surface area (Å²) >= 11 is 1.48. The Balaban J connectivity index is 1.65. The highest BCUT2D eigenvalue weighted by Gasteiger charge is 2.25. The molecule has 11 heteroatoms. The highest BCUT2D eigenvalue weighted by atomic mass is 32.2. The third-order valence-corrected chi connectivity index (χ3v) is 7.93. The number of aromatic amines is 1. The van der Waals surface area contributed by atoms with E-state index in [1.807, 2.05) is 12.3 Å². The number of aliphatic carboxylic acids is 1. The summed E-state index contributed by atoms with van der Waals surface area (Å²) in [5.41, 5.74) is 3.10. The number of carbonyl (C=O) groups excluding carboxylic acids is 2. The molecule has 2 atom stereocenters. The van der Waals surface area contributed by atoms with Gasteiger partial charge in [0.25, 0.3) is 5.91 Å². The molecule has 1 aromatic heterocycles. The monoisotopic (exact) mass is 620 g/mol. The lowest BCUT2D eigenvalue weighted by molar-refractivity contribution is -0.139. The van der Waals surface area contributed by atoms with Crippen molar-refractivity contribution in [3.63, 3.8) is 0 Å². The third kappa shape index (κ3) is 8.76. The third-order valence-electron chi connectivity index (χ3n) is 7.28. The quantitative estimate of drug-likeness (QED) is 0.174. The van der Waals surface area contributed by atoms with Crippen molar-refractivity contribution in [2.24, 2.45) is 0 Å². The topological polar surface area (TPSA) is 115 Å². The number of carboxylic acid groups (broad SMARTS) is 1. The molecule has 0 fully saturated rings. The van der Waals surface area contributed by atoms with Crippen LogP contribution < -0.4 is 5.32 Å². The van der Waals surface area contributed by atoms with Gasteiger partial charge in [0.15, 0.2) is 0 Å². The standard InChI is InChI=1S/C33H34F2N4O4S/c1-21(40)39(20-29(31-36-14-15-37-31)24-7-11-27(35)12-8-24)19-23-3-6-25(17-22-4-9-26(34)10-5-22)28(18-23)32(41)38-30(33(42)43)13-16-44-2/h3-12,14-15,18,29-30H,13,16-17,19-20H2,1-2H3,(H,36,37)(H,38,41)(H,42,43)/t29?,30-/m0/s1. The minimum Gasteiger partial charge on any atom is -0.480 e. The molecule has 1 unspecified atom stereocenters. The first kappa shape index (κ1) is 32.4. The van der Waals surface area contributed by atoms with Gasteiger partial charge in [-0.2, -0.15) is 11.8 Å². The first-order valence-electron chi connectivity index (χ1n) is 14.0. The predicted molar refractivity (Wildman–Crippen MR) is 165 cm³/mol. The summed E-state index contributed by atoms with van der Waals surface area (Å²) in [5.74, 6) is -1.85. The molecule has 0 saturated heterocycles. The summed E-state index contributed by atoms with van der Waals surface area (Å²) in [6.45, 7) is 1.83. The van der Waals surface area contributed by atoms with Crippen molar-refractivity contribution < 1.29 is 28.3 Å². The fourth-order valence-corrected chi connectivity index (χ4v) is 5.37. The van der Waals surface area contributed by atoms with Crippen LogP contribution in [0.1, 0.15) is 57.7 Å². The SMILES string of the molecule is CSCC[C@H](NC(=O)c1cc(CN(CC(c2ccc(F)cc2)c2ncc[nH]2)C(C)=O)ccc1Cc1ccc(F)cc1)C(=O)O. The number of benzene rings is 3. The number of thioether (sulfide) groups is 1. The number of aromatic nitrogens is 2. The van der Waals surface area contributed by atoms with Crippen LogP contribution >= 0.6 is 11.8 Å². The summed E-state index contributed by atoms with van der Waals surface area (Å²) in [6.07, 6.45) is 5.72. The first-order valence-corrected chi connectivity index (χ1v) is 15.4. The maximum atomic E-state index is 13.7. The van der Waals surface area contributed by atoms with Crippen molar-refractivity contribution in [3.8, 4) is 0 Å². The van der Waals surface area contributed by atoms with Crippen molar-refractivity contribution in [1.82, 2.24) is 20.2 Å². The highest BCUT2D eigenvalue weighted by Crippen LogP contribution is 2.25. The summed E-state index contributed by atoms with van der Waals surface area (Å²) in [7, 11) is 0. The van der Waals surface area contributed by atoms with Crippen LogP contribution in [0.25, 0.3) is 0 Å². The molecule has 44 heavy (non-hydrogen) atoms. The minimum atomic E-state index is -1.13. The second kappa shape index (κ2) is 15.3. The second-order valence-electron chi connectivity index (χ2n) is 10.4. The normalized spacial score (nSPS) is 12.4. The number of hydrogen-bond acceptors (Lipinski definition) is 5. The molecule has 3 N–H and O–H groups in total. The maximum absolute atomic E-state index is 13.7. The fourth-order valence-electron chi connectivity index (χ4n) is 4.90. The van der Waals surface area contributed by atoms with Gasteiger partial charge >= 0.3 is 5.97 Å². The zero-order valence-electron chi connectivity index (χ0n) is 24.4. The molecule has 2 amide bonds. The van der Waals surface area contributed by atoms with Crippen molar-refractivity contribution in [3.05, 3.63) is 124 Å². The van der Waals surface area contributed by atoms with Gasteiger partial charge in [-0.05, 0) is 77.4 Å². The van der Waals surface area contributed by atoms with Gasteiger partial charge < -0.3 is 20.3 Å². The van der Waals surface area contributed by atoms with E-state index in [-0.39, 0.29) is 48.5 Å². The number of carboxylic acids is 1. The number of hydrogen-bond donors (Lipinski definition) is 3. The van der Waals surface area contributed by atoms with E-state index in [0.29, 0.717) is 29.1 Å². The Kier molecular flexibility index (Phi) is 11.3. The lowest BCUT2D eigenvalue weighted by atomic mass is 9.95. The van der Waals surface area contributed by atoms with E-state index in [9.17, 15) is 28.3 Å². The summed E-state index contributed by atoms with van der Waals surface area (Å²) in [4.78, 5) is 47.4. The average Bonchev–Trinajstić information content (AvgIpc) is 3.54. The van der Waals surface area contributed by atoms with Crippen LogP contribution in [0.4, 0.5) is 8.78 Å². The van der Waals surface area contributed by atoms with Gasteiger partial charge in [0.1, 0.15) is 23.5 Å². The highest BCUT2D eigenvalue weighted by molar-refractivity contribution is 7.98. The average molecular weight is 621 g/mol. The number of H-pyrrole nitrogens is 1. The van der Waals surface area contributed by atoms with E-state index in [4.69, 9.17) is 0 Å². The van der Waals surface area contributed by atoms with Crippen LogP contribution in [-0.4, -0.2) is 62.4 Å². The minimum absolute atomic E-state index is 0.152. The van der Waals surface area contributed by atoms with E-state index < -0.39 is 17.9 Å².